The minimum Gasteiger partial charge on any atom is -0.507 e. The highest BCUT2D eigenvalue weighted by molar-refractivity contribution is 5.93. The van der Waals surface area contributed by atoms with E-state index in [1.165, 1.54) is 36.2 Å². The number of nitrogens with zero attached hydrogens (tertiary/aromatic N) is 1. The summed E-state index contributed by atoms with van der Waals surface area (Å²) >= 11 is 0. The SMILES string of the molecule is CC(C)(C)c1cc(CC(=O)NCCNc2c3c(nc4ccccc24)CCCCC3)cc(C(C)(C)C)c1O. The van der Waals surface area contributed by atoms with Crippen LogP contribution in [0.25, 0.3) is 10.9 Å². The second kappa shape index (κ2) is 10.7. The number of nitrogens with one attached hydrogen (secondary N) is 2. The van der Waals surface area contributed by atoms with Crippen molar-refractivity contribution in [3.05, 3.63) is 64.3 Å². The predicted octanol–water partition coefficient (Wildman–Crippen LogP) is 6.58. The number of para-hydroxylation sites is 1. The summed E-state index contributed by atoms with van der Waals surface area (Å²) in [4.78, 5) is 17.9. The van der Waals surface area contributed by atoms with Gasteiger partial charge < -0.3 is 15.7 Å². The van der Waals surface area contributed by atoms with Gasteiger partial charge in [0.15, 0.2) is 0 Å². The van der Waals surface area contributed by atoms with Crippen LogP contribution in [0.4, 0.5) is 5.69 Å². The van der Waals surface area contributed by atoms with Crippen LogP contribution in [-0.4, -0.2) is 29.1 Å². The summed E-state index contributed by atoms with van der Waals surface area (Å²) in [5, 5.41) is 18.9. The summed E-state index contributed by atoms with van der Waals surface area (Å²) in [6.45, 7) is 13.7. The molecule has 0 radical (unpaired) electrons. The molecule has 4 rings (SSSR count). The fraction of sp³-hybridized carbons (Fsp3) is 0.500. The van der Waals surface area contributed by atoms with Gasteiger partial charge in [0, 0.05) is 29.9 Å². The third-order valence-corrected chi connectivity index (χ3v) is 7.32. The number of hydrogen-bond donors (Lipinski definition) is 3. The number of hydrogen-bond acceptors (Lipinski definition) is 4. The maximum absolute atomic E-state index is 12.9. The molecule has 37 heavy (non-hydrogen) atoms. The quantitative estimate of drug-likeness (QED) is 0.264. The number of phenols is 1. The smallest absolute Gasteiger partial charge is 0.224 e. The van der Waals surface area contributed by atoms with E-state index in [0.29, 0.717) is 25.3 Å². The van der Waals surface area contributed by atoms with Crippen molar-refractivity contribution in [3.63, 3.8) is 0 Å². The molecule has 0 aliphatic heterocycles. The number of aryl methyl sites for hydroxylation is 1. The predicted molar refractivity (Wildman–Crippen MR) is 154 cm³/mol. The minimum absolute atomic E-state index is 0.00868. The van der Waals surface area contributed by atoms with Gasteiger partial charge in [-0.3, -0.25) is 9.78 Å². The highest BCUT2D eigenvalue weighted by Gasteiger charge is 2.27. The van der Waals surface area contributed by atoms with Crippen LogP contribution in [0.2, 0.25) is 0 Å². The fourth-order valence-corrected chi connectivity index (χ4v) is 5.33. The van der Waals surface area contributed by atoms with Gasteiger partial charge in [-0.1, -0.05) is 78.3 Å². The number of phenolic OH excluding ortho intramolecular Hbond substituents is 1. The van der Waals surface area contributed by atoms with Crippen LogP contribution < -0.4 is 10.6 Å². The van der Waals surface area contributed by atoms with Crippen LogP contribution in [0.3, 0.4) is 0 Å². The van der Waals surface area contributed by atoms with Gasteiger partial charge in [0.2, 0.25) is 5.91 Å². The molecule has 0 saturated carbocycles. The van der Waals surface area contributed by atoms with Crippen LogP contribution in [-0.2, 0) is 34.9 Å². The van der Waals surface area contributed by atoms with Crippen LogP contribution in [0, 0.1) is 0 Å². The normalized spacial score (nSPS) is 14.2. The molecule has 3 N–H and O–H groups in total. The Kier molecular flexibility index (Phi) is 7.82. The van der Waals surface area contributed by atoms with Crippen LogP contribution >= 0.6 is 0 Å². The molecule has 0 fully saturated rings. The molecule has 5 nitrogen and oxygen atoms in total. The van der Waals surface area contributed by atoms with E-state index < -0.39 is 0 Å². The Morgan fingerprint density at radius 2 is 1.57 bits per heavy atom. The first kappa shape index (κ1) is 27.0. The number of carbonyl (C=O) groups is 1. The first-order valence-electron chi connectivity index (χ1n) is 13.7. The maximum atomic E-state index is 12.9. The molecular weight excluding hydrogens is 458 g/mol. The number of pyridine rings is 1. The Labute approximate surface area is 222 Å². The number of fused-ring (bicyclic) bond motifs is 2. The Balaban J connectivity index is 1.45. The fourth-order valence-electron chi connectivity index (χ4n) is 5.33. The molecule has 5 heteroatoms. The van der Waals surface area contributed by atoms with E-state index in [0.717, 1.165) is 40.4 Å². The Hall–Kier alpha value is -3.08. The molecule has 0 atom stereocenters. The lowest BCUT2D eigenvalue weighted by molar-refractivity contribution is -0.120. The number of carbonyl (C=O) groups excluding carboxylic acids is 1. The van der Waals surface area contributed by atoms with Gasteiger partial charge in [-0.2, -0.15) is 0 Å². The summed E-state index contributed by atoms with van der Waals surface area (Å²) < 4.78 is 0. The zero-order chi connectivity index (χ0) is 26.8. The summed E-state index contributed by atoms with van der Waals surface area (Å²) in [6, 6.07) is 12.3. The highest BCUT2D eigenvalue weighted by atomic mass is 16.3. The number of aromatic nitrogens is 1. The van der Waals surface area contributed by atoms with Gasteiger partial charge in [0.25, 0.3) is 0 Å². The molecular formula is C32H43N3O2. The molecule has 3 aromatic rings. The average molecular weight is 502 g/mol. The topological polar surface area (TPSA) is 74.2 Å². The van der Waals surface area contributed by atoms with E-state index in [9.17, 15) is 9.90 Å². The van der Waals surface area contributed by atoms with Crippen molar-refractivity contribution in [2.24, 2.45) is 0 Å². The standard InChI is InChI=1S/C32H43N3O2/c1-31(2,3)24-18-21(19-25(30(24)37)32(4,5)6)20-28(36)33-16-17-34-29-22-12-8-7-9-14-26(22)35-27-15-11-10-13-23(27)29/h10-11,13,15,18-19,37H,7-9,12,14,16-17,20H2,1-6H3,(H,33,36)(H,34,35). The Bertz CT molecular complexity index is 1250. The molecule has 2 aromatic carbocycles. The lowest BCUT2D eigenvalue weighted by Crippen LogP contribution is -2.30. The second-order valence-electron chi connectivity index (χ2n) is 12.5. The van der Waals surface area contributed by atoms with E-state index in [-0.39, 0.29) is 16.7 Å². The van der Waals surface area contributed by atoms with E-state index in [1.54, 1.807) is 0 Å². The maximum Gasteiger partial charge on any atom is 0.224 e. The third-order valence-electron chi connectivity index (χ3n) is 7.32. The molecule has 198 valence electrons. The van der Waals surface area contributed by atoms with Gasteiger partial charge in [-0.15, -0.1) is 0 Å². The Morgan fingerprint density at radius 3 is 2.24 bits per heavy atom. The van der Waals surface area contributed by atoms with E-state index in [1.807, 2.05) is 18.2 Å². The molecule has 0 bridgehead atoms. The van der Waals surface area contributed by atoms with Gasteiger partial charge in [0.05, 0.1) is 11.9 Å². The monoisotopic (exact) mass is 501 g/mol. The molecule has 1 amide bonds. The number of benzene rings is 2. The average Bonchev–Trinajstić information content (AvgIpc) is 3.06. The third kappa shape index (κ3) is 6.26. The van der Waals surface area contributed by atoms with Crippen molar-refractivity contribution < 1.29 is 9.90 Å². The second-order valence-corrected chi connectivity index (χ2v) is 12.5. The van der Waals surface area contributed by atoms with Crippen molar-refractivity contribution in [3.8, 4) is 5.75 Å². The van der Waals surface area contributed by atoms with Gasteiger partial charge in [-0.25, -0.2) is 0 Å². The summed E-state index contributed by atoms with van der Waals surface area (Å²) in [5.74, 6) is 0.336. The molecule has 0 spiro atoms. The molecule has 0 saturated heterocycles. The van der Waals surface area contributed by atoms with E-state index >= 15 is 0 Å². The van der Waals surface area contributed by atoms with Crippen molar-refractivity contribution >= 4 is 22.5 Å². The number of aromatic hydroxyl groups is 1. The van der Waals surface area contributed by atoms with Gasteiger partial charge >= 0.3 is 0 Å². The lowest BCUT2D eigenvalue weighted by atomic mass is 9.78. The molecule has 1 aromatic heterocycles. The highest BCUT2D eigenvalue weighted by Crippen LogP contribution is 2.40. The van der Waals surface area contributed by atoms with Crippen LogP contribution in [0.15, 0.2) is 36.4 Å². The molecule has 1 aliphatic carbocycles. The van der Waals surface area contributed by atoms with E-state index in [2.05, 4.69) is 70.4 Å². The zero-order valence-corrected chi connectivity index (χ0v) is 23.4. The number of amides is 1. The van der Waals surface area contributed by atoms with Crippen molar-refractivity contribution in [2.75, 3.05) is 18.4 Å². The summed E-state index contributed by atoms with van der Waals surface area (Å²) in [6.07, 6.45) is 6.00. The zero-order valence-electron chi connectivity index (χ0n) is 23.4. The largest absolute Gasteiger partial charge is 0.507 e. The van der Waals surface area contributed by atoms with Crippen molar-refractivity contribution in [2.45, 2.75) is 90.9 Å². The van der Waals surface area contributed by atoms with Crippen LogP contribution in [0.5, 0.6) is 5.75 Å². The first-order chi connectivity index (χ1) is 17.4. The first-order valence-corrected chi connectivity index (χ1v) is 13.7. The Morgan fingerprint density at radius 1 is 0.919 bits per heavy atom. The number of rotatable bonds is 6. The molecule has 1 heterocycles. The lowest BCUT2D eigenvalue weighted by Gasteiger charge is -2.28. The summed E-state index contributed by atoms with van der Waals surface area (Å²) in [7, 11) is 0. The van der Waals surface area contributed by atoms with E-state index in [4.69, 9.17) is 4.98 Å². The van der Waals surface area contributed by atoms with Gasteiger partial charge in [0.1, 0.15) is 5.75 Å². The van der Waals surface area contributed by atoms with Crippen LogP contribution in [0.1, 0.15) is 88.8 Å². The van der Waals surface area contributed by atoms with Crippen molar-refractivity contribution in [1.29, 1.82) is 0 Å². The summed E-state index contributed by atoms with van der Waals surface area (Å²) in [5.41, 5.74) is 7.05. The minimum atomic E-state index is -0.216. The molecule has 1 aliphatic rings. The molecule has 0 unspecified atom stereocenters. The van der Waals surface area contributed by atoms with Crippen molar-refractivity contribution in [1.82, 2.24) is 10.3 Å². The number of anilines is 1. The van der Waals surface area contributed by atoms with Gasteiger partial charge in [-0.05, 0) is 64.8 Å².